The number of nitrogens with zero attached hydrogens (tertiary/aromatic N) is 6. The molecule has 0 N–H and O–H groups in total. The zero-order chi connectivity index (χ0) is 22.2. The Bertz CT molecular complexity index is 1310. The van der Waals surface area contributed by atoms with E-state index < -0.39 is 5.97 Å². The lowest BCUT2D eigenvalue weighted by atomic mass is 10.0. The number of rotatable bonds is 6. The molecular weight excluding hydrogens is 408 g/mol. The van der Waals surface area contributed by atoms with Crippen LogP contribution < -0.4 is 4.74 Å². The van der Waals surface area contributed by atoms with Crippen molar-refractivity contribution < 1.29 is 14.3 Å². The van der Waals surface area contributed by atoms with Crippen LogP contribution in [0, 0.1) is 0 Å². The number of aromatic nitrogens is 6. The third-order valence-corrected chi connectivity index (χ3v) is 5.86. The predicted molar refractivity (Wildman–Crippen MR) is 117 cm³/mol. The number of hydrogen-bond acceptors (Lipinski definition) is 7. The minimum absolute atomic E-state index is 0.0122. The van der Waals surface area contributed by atoms with Crippen LogP contribution in [0.15, 0.2) is 36.8 Å². The number of aryl methyl sites for hydroxylation is 2. The van der Waals surface area contributed by atoms with E-state index in [1.165, 1.54) is 40.2 Å². The van der Waals surface area contributed by atoms with E-state index in [0.29, 0.717) is 29.1 Å². The third kappa shape index (κ3) is 3.39. The van der Waals surface area contributed by atoms with Gasteiger partial charge in [-0.1, -0.05) is 18.2 Å². The zero-order valence-electron chi connectivity index (χ0n) is 18.3. The lowest BCUT2D eigenvalue weighted by Crippen LogP contribution is -2.11. The lowest BCUT2D eigenvalue weighted by Gasteiger charge is -2.16. The molecule has 9 nitrogen and oxygen atoms in total. The predicted octanol–water partition coefficient (Wildman–Crippen LogP) is 3.30. The van der Waals surface area contributed by atoms with Crippen molar-refractivity contribution in [2.45, 2.75) is 39.2 Å². The van der Waals surface area contributed by atoms with Crippen LogP contribution in [-0.4, -0.2) is 49.2 Å². The van der Waals surface area contributed by atoms with E-state index in [0.717, 1.165) is 12.8 Å². The van der Waals surface area contributed by atoms with Crippen LogP contribution in [-0.2, 0) is 17.6 Å². The summed E-state index contributed by atoms with van der Waals surface area (Å²) in [6.07, 6.45) is 8.16. The van der Waals surface area contributed by atoms with E-state index in [2.05, 4.69) is 45.3 Å². The molecule has 0 bridgehead atoms. The Morgan fingerprint density at radius 1 is 1.16 bits per heavy atom. The molecule has 164 valence electrons. The van der Waals surface area contributed by atoms with Crippen molar-refractivity contribution in [2.75, 3.05) is 13.7 Å². The average Bonchev–Trinajstić information content (AvgIpc) is 3.56. The van der Waals surface area contributed by atoms with Crippen molar-refractivity contribution in [1.29, 1.82) is 0 Å². The van der Waals surface area contributed by atoms with Crippen LogP contribution >= 0.6 is 0 Å². The van der Waals surface area contributed by atoms with E-state index >= 15 is 0 Å². The summed E-state index contributed by atoms with van der Waals surface area (Å²) in [7, 11) is 1.57. The molecule has 9 heteroatoms. The first-order valence-corrected chi connectivity index (χ1v) is 10.7. The maximum Gasteiger partial charge on any atom is 0.341 e. The van der Waals surface area contributed by atoms with Gasteiger partial charge in [0, 0.05) is 6.20 Å². The number of carbonyl (C=O) groups excluding carboxylic acids is 1. The average molecular weight is 432 g/mol. The Morgan fingerprint density at radius 3 is 2.81 bits per heavy atom. The molecule has 1 atom stereocenters. The first-order valence-electron chi connectivity index (χ1n) is 10.7. The molecule has 4 aromatic rings. The minimum Gasteiger partial charge on any atom is -0.479 e. The maximum atomic E-state index is 12.0. The highest BCUT2D eigenvalue weighted by Crippen LogP contribution is 2.31. The van der Waals surface area contributed by atoms with Crippen molar-refractivity contribution >= 4 is 17.0 Å². The number of esters is 1. The molecule has 1 aromatic carbocycles. The summed E-state index contributed by atoms with van der Waals surface area (Å²) in [4.78, 5) is 21.1. The second-order valence-corrected chi connectivity index (χ2v) is 7.81. The number of carbonyl (C=O) groups is 1. The van der Waals surface area contributed by atoms with Crippen LogP contribution in [0.2, 0.25) is 0 Å². The SMILES string of the molecule is CCOC(=O)c1cnn(-c2nc(OC)c3c(cnn3[C@@H](C)c3ccc4c(c3)CCC4)n2)c1. The number of benzene rings is 1. The topological polar surface area (TPSA) is 97.0 Å². The van der Waals surface area contributed by atoms with Gasteiger partial charge in [0.05, 0.1) is 37.7 Å². The van der Waals surface area contributed by atoms with Gasteiger partial charge < -0.3 is 9.47 Å². The van der Waals surface area contributed by atoms with Crippen LogP contribution in [0.4, 0.5) is 0 Å². The second-order valence-electron chi connectivity index (χ2n) is 7.81. The van der Waals surface area contributed by atoms with Gasteiger partial charge in [-0.3, -0.25) is 4.68 Å². The Hall–Kier alpha value is -3.75. The lowest BCUT2D eigenvalue weighted by molar-refractivity contribution is 0.0526. The highest BCUT2D eigenvalue weighted by molar-refractivity contribution is 5.88. The van der Waals surface area contributed by atoms with Gasteiger partial charge in [-0.2, -0.15) is 15.2 Å². The molecular formula is C23H24N6O3. The molecule has 5 rings (SSSR count). The fourth-order valence-corrected chi connectivity index (χ4v) is 4.20. The highest BCUT2D eigenvalue weighted by Gasteiger charge is 2.21. The fraction of sp³-hybridized carbons (Fsp3) is 0.348. The van der Waals surface area contributed by atoms with Gasteiger partial charge in [-0.05, 0) is 49.8 Å². The van der Waals surface area contributed by atoms with E-state index in [-0.39, 0.29) is 12.0 Å². The molecule has 0 fully saturated rings. The fourth-order valence-electron chi connectivity index (χ4n) is 4.20. The molecule has 32 heavy (non-hydrogen) atoms. The van der Waals surface area contributed by atoms with Crippen LogP contribution in [0.1, 0.15) is 53.4 Å². The Balaban J connectivity index is 1.53. The van der Waals surface area contributed by atoms with E-state index in [9.17, 15) is 4.79 Å². The van der Waals surface area contributed by atoms with Gasteiger partial charge in [-0.25, -0.2) is 14.5 Å². The Morgan fingerprint density at radius 2 is 2.00 bits per heavy atom. The summed E-state index contributed by atoms with van der Waals surface area (Å²) in [6, 6.07) is 6.67. The molecule has 0 saturated heterocycles. The van der Waals surface area contributed by atoms with Gasteiger partial charge in [0.15, 0.2) is 0 Å². The normalized spacial score (nSPS) is 13.8. The van der Waals surface area contributed by atoms with E-state index in [1.807, 2.05) is 4.68 Å². The van der Waals surface area contributed by atoms with Gasteiger partial charge in [0.25, 0.3) is 5.95 Å². The van der Waals surface area contributed by atoms with Gasteiger partial charge in [0.1, 0.15) is 11.0 Å². The molecule has 0 aliphatic heterocycles. The molecule has 3 aromatic heterocycles. The van der Waals surface area contributed by atoms with Crippen molar-refractivity contribution in [1.82, 2.24) is 29.5 Å². The minimum atomic E-state index is -0.442. The van der Waals surface area contributed by atoms with Crippen LogP contribution in [0.25, 0.3) is 17.0 Å². The van der Waals surface area contributed by atoms with Crippen molar-refractivity contribution in [3.63, 3.8) is 0 Å². The number of fused-ring (bicyclic) bond motifs is 2. The maximum absolute atomic E-state index is 12.0. The molecule has 1 aliphatic carbocycles. The number of methoxy groups -OCH3 is 1. The van der Waals surface area contributed by atoms with Crippen LogP contribution in [0.5, 0.6) is 5.88 Å². The molecule has 0 radical (unpaired) electrons. The summed E-state index contributed by atoms with van der Waals surface area (Å²) in [5.41, 5.74) is 5.73. The van der Waals surface area contributed by atoms with Crippen molar-refractivity contribution in [3.05, 3.63) is 59.0 Å². The summed E-state index contributed by atoms with van der Waals surface area (Å²) in [5.74, 6) is 0.237. The number of hydrogen-bond donors (Lipinski definition) is 0. The number of ether oxygens (including phenoxy) is 2. The first-order chi connectivity index (χ1) is 15.6. The third-order valence-electron chi connectivity index (χ3n) is 5.86. The molecule has 0 amide bonds. The molecule has 0 unspecified atom stereocenters. The summed E-state index contributed by atoms with van der Waals surface area (Å²) in [5, 5.41) is 8.80. The molecule has 3 heterocycles. The summed E-state index contributed by atoms with van der Waals surface area (Å²) < 4.78 is 13.9. The van der Waals surface area contributed by atoms with Gasteiger partial charge in [0.2, 0.25) is 5.88 Å². The van der Waals surface area contributed by atoms with E-state index in [1.54, 1.807) is 20.2 Å². The summed E-state index contributed by atoms with van der Waals surface area (Å²) >= 11 is 0. The molecule has 0 saturated carbocycles. The standard InChI is InChI=1S/C23H24N6O3/c1-4-32-22(30)18-11-24-28(13-18)23-26-19-12-25-29(20(19)21(27-23)31-3)14(2)16-9-8-15-6-5-7-17(15)10-16/h8-14H,4-7H2,1-3H3/t14-/m0/s1. The second kappa shape index (κ2) is 8.07. The Labute approximate surface area is 185 Å². The molecule has 0 spiro atoms. The van der Waals surface area contributed by atoms with Crippen molar-refractivity contribution in [2.24, 2.45) is 0 Å². The van der Waals surface area contributed by atoms with Gasteiger partial charge in [-0.15, -0.1) is 0 Å². The van der Waals surface area contributed by atoms with Crippen molar-refractivity contribution in [3.8, 4) is 11.8 Å². The zero-order valence-corrected chi connectivity index (χ0v) is 18.3. The molecule has 1 aliphatic rings. The quantitative estimate of drug-likeness (QED) is 0.431. The monoisotopic (exact) mass is 432 g/mol. The van der Waals surface area contributed by atoms with Crippen LogP contribution in [0.3, 0.4) is 0 Å². The highest BCUT2D eigenvalue weighted by atomic mass is 16.5. The largest absolute Gasteiger partial charge is 0.479 e. The Kier molecular flexibility index (Phi) is 5.08. The summed E-state index contributed by atoms with van der Waals surface area (Å²) in [6.45, 7) is 4.16. The smallest absolute Gasteiger partial charge is 0.341 e. The van der Waals surface area contributed by atoms with E-state index in [4.69, 9.17) is 9.47 Å². The first kappa shape index (κ1) is 20.2. The van der Waals surface area contributed by atoms with Gasteiger partial charge >= 0.3 is 5.97 Å².